The fourth-order valence-electron chi connectivity index (χ4n) is 3.46. The van der Waals surface area contributed by atoms with Crippen molar-refractivity contribution in [2.24, 2.45) is 0 Å². The second-order valence-electron chi connectivity index (χ2n) is 7.56. The first kappa shape index (κ1) is 15.0. The van der Waals surface area contributed by atoms with Crippen LogP contribution < -0.4 is 0 Å². The molecule has 3 aromatic rings. The smallest absolute Gasteiger partial charge is 0.0744 e. The number of rotatable bonds is 0. The molecule has 0 bridgehead atoms. The van der Waals surface area contributed by atoms with E-state index in [0.29, 0.717) is 0 Å². The predicted octanol–water partition coefficient (Wildman–Crippen LogP) is 5.92. The number of aromatic nitrogens is 1. The van der Waals surface area contributed by atoms with Crippen molar-refractivity contribution in [2.45, 2.75) is 53.9 Å². The Labute approximate surface area is 133 Å². The van der Waals surface area contributed by atoms with Gasteiger partial charge >= 0.3 is 0 Å². The summed E-state index contributed by atoms with van der Waals surface area (Å²) in [7, 11) is 0. The highest BCUT2D eigenvalue weighted by Crippen LogP contribution is 2.39. The van der Waals surface area contributed by atoms with Crippen molar-refractivity contribution in [2.75, 3.05) is 0 Å². The van der Waals surface area contributed by atoms with Gasteiger partial charge in [-0.3, -0.25) is 0 Å². The lowest BCUT2D eigenvalue weighted by molar-refractivity contribution is 0.600. The van der Waals surface area contributed by atoms with Gasteiger partial charge in [0.1, 0.15) is 0 Å². The molecule has 0 atom stereocenters. The number of hydrogen-bond donors (Lipinski definition) is 0. The topological polar surface area (TPSA) is 12.9 Å². The van der Waals surface area contributed by atoms with Crippen LogP contribution in [0.15, 0.2) is 24.3 Å². The highest BCUT2D eigenvalue weighted by molar-refractivity contribution is 6.02. The quantitative estimate of drug-likeness (QED) is 0.468. The number of benzene rings is 2. The number of nitrogens with zero attached hydrogens (tertiary/aromatic N) is 1. The molecule has 0 aliphatic heterocycles. The van der Waals surface area contributed by atoms with E-state index in [0.717, 1.165) is 11.0 Å². The molecule has 2 aromatic carbocycles. The summed E-state index contributed by atoms with van der Waals surface area (Å²) in [6.45, 7) is 15.7. The standard InChI is InChI=1S/C21H25N/c1-12-10-11-16-18(15(12)4)19(21(5,6)7)17-13(2)8-9-14(3)20(17)22-16/h8-11H,1-7H3. The Kier molecular flexibility index (Phi) is 3.28. The summed E-state index contributed by atoms with van der Waals surface area (Å²) in [4.78, 5) is 5.01. The van der Waals surface area contributed by atoms with Gasteiger partial charge in [-0.1, -0.05) is 39.0 Å². The third-order valence-electron chi connectivity index (χ3n) is 4.78. The van der Waals surface area contributed by atoms with Gasteiger partial charge in [0, 0.05) is 10.8 Å². The second-order valence-corrected chi connectivity index (χ2v) is 7.56. The Morgan fingerprint density at radius 2 is 1.32 bits per heavy atom. The molecule has 0 saturated heterocycles. The molecule has 0 amide bonds. The van der Waals surface area contributed by atoms with Crippen LogP contribution in [0.25, 0.3) is 21.8 Å². The van der Waals surface area contributed by atoms with Gasteiger partial charge < -0.3 is 0 Å². The molecule has 1 heterocycles. The minimum Gasteiger partial charge on any atom is -0.247 e. The lowest BCUT2D eigenvalue weighted by Crippen LogP contribution is -2.15. The van der Waals surface area contributed by atoms with E-state index in [1.807, 2.05) is 0 Å². The van der Waals surface area contributed by atoms with Crippen LogP contribution in [-0.4, -0.2) is 4.98 Å². The van der Waals surface area contributed by atoms with Crippen LogP contribution in [0, 0.1) is 27.7 Å². The second kappa shape index (κ2) is 4.81. The van der Waals surface area contributed by atoms with Gasteiger partial charge in [0.05, 0.1) is 11.0 Å². The van der Waals surface area contributed by atoms with Crippen LogP contribution in [0.1, 0.15) is 48.6 Å². The number of pyridine rings is 1. The molecule has 0 fully saturated rings. The van der Waals surface area contributed by atoms with Gasteiger partial charge in [0.15, 0.2) is 0 Å². The van der Waals surface area contributed by atoms with E-state index >= 15 is 0 Å². The summed E-state index contributed by atoms with van der Waals surface area (Å²) in [6.07, 6.45) is 0. The summed E-state index contributed by atoms with van der Waals surface area (Å²) in [5.41, 5.74) is 9.07. The van der Waals surface area contributed by atoms with Crippen LogP contribution in [-0.2, 0) is 5.41 Å². The number of fused-ring (bicyclic) bond motifs is 2. The molecular weight excluding hydrogens is 266 g/mol. The van der Waals surface area contributed by atoms with Crippen molar-refractivity contribution in [3.8, 4) is 0 Å². The maximum absolute atomic E-state index is 5.01. The first-order valence-corrected chi connectivity index (χ1v) is 8.02. The first-order chi connectivity index (χ1) is 10.2. The van der Waals surface area contributed by atoms with E-state index in [2.05, 4.69) is 72.7 Å². The normalized spacial score (nSPS) is 12.3. The van der Waals surface area contributed by atoms with Crippen LogP contribution >= 0.6 is 0 Å². The van der Waals surface area contributed by atoms with E-state index in [-0.39, 0.29) is 5.41 Å². The lowest BCUT2D eigenvalue weighted by Gasteiger charge is -2.26. The van der Waals surface area contributed by atoms with Gasteiger partial charge in [0.25, 0.3) is 0 Å². The van der Waals surface area contributed by atoms with Gasteiger partial charge in [0.2, 0.25) is 0 Å². The van der Waals surface area contributed by atoms with Crippen molar-refractivity contribution in [1.29, 1.82) is 0 Å². The van der Waals surface area contributed by atoms with Crippen LogP contribution in [0.2, 0.25) is 0 Å². The molecule has 0 saturated carbocycles. The summed E-state index contributed by atoms with van der Waals surface area (Å²) in [5, 5.41) is 2.68. The van der Waals surface area contributed by atoms with E-state index in [4.69, 9.17) is 4.98 Å². The molecule has 114 valence electrons. The Morgan fingerprint density at radius 1 is 0.727 bits per heavy atom. The Bertz CT molecular complexity index is 892. The molecule has 3 rings (SSSR count). The third-order valence-corrected chi connectivity index (χ3v) is 4.78. The zero-order chi connectivity index (χ0) is 16.2. The summed E-state index contributed by atoms with van der Waals surface area (Å²) >= 11 is 0. The fourth-order valence-corrected chi connectivity index (χ4v) is 3.46. The van der Waals surface area contributed by atoms with Crippen molar-refractivity contribution >= 4 is 21.8 Å². The highest BCUT2D eigenvalue weighted by atomic mass is 14.7. The van der Waals surface area contributed by atoms with Crippen LogP contribution in [0.4, 0.5) is 0 Å². The summed E-state index contributed by atoms with van der Waals surface area (Å²) in [5.74, 6) is 0. The molecule has 0 aliphatic rings. The van der Waals surface area contributed by atoms with E-state index in [1.165, 1.54) is 38.6 Å². The molecular formula is C21H25N. The van der Waals surface area contributed by atoms with Crippen molar-refractivity contribution in [3.05, 3.63) is 52.1 Å². The fraction of sp³-hybridized carbons (Fsp3) is 0.381. The molecule has 1 nitrogen and oxygen atoms in total. The third kappa shape index (κ3) is 2.11. The highest BCUT2D eigenvalue weighted by Gasteiger charge is 2.24. The predicted molar refractivity (Wildman–Crippen MR) is 96.9 cm³/mol. The Balaban J connectivity index is 2.71. The SMILES string of the molecule is Cc1ccc2nc3c(C)ccc(C)c3c(C(C)(C)C)c2c1C. The minimum atomic E-state index is 0.0799. The van der Waals surface area contributed by atoms with Crippen molar-refractivity contribution in [1.82, 2.24) is 4.98 Å². The average Bonchev–Trinajstić information content (AvgIpc) is 2.44. The largest absolute Gasteiger partial charge is 0.247 e. The van der Waals surface area contributed by atoms with Gasteiger partial charge in [-0.05, 0) is 67.0 Å². The zero-order valence-electron chi connectivity index (χ0n) is 14.8. The number of hydrogen-bond acceptors (Lipinski definition) is 1. The van der Waals surface area contributed by atoms with Crippen LogP contribution in [0.5, 0.6) is 0 Å². The number of aryl methyl sites for hydroxylation is 4. The molecule has 0 unspecified atom stereocenters. The van der Waals surface area contributed by atoms with E-state index < -0.39 is 0 Å². The molecule has 1 heteroatoms. The first-order valence-electron chi connectivity index (χ1n) is 8.02. The molecule has 0 N–H and O–H groups in total. The van der Waals surface area contributed by atoms with Gasteiger partial charge in [-0.25, -0.2) is 4.98 Å². The van der Waals surface area contributed by atoms with E-state index in [1.54, 1.807) is 0 Å². The maximum atomic E-state index is 5.01. The molecule has 0 spiro atoms. The summed E-state index contributed by atoms with van der Waals surface area (Å²) < 4.78 is 0. The van der Waals surface area contributed by atoms with Gasteiger partial charge in [-0.15, -0.1) is 0 Å². The van der Waals surface area contributed by atoms with E-state index in [9.17, 15) is 0 Å². The maximum Gasteiger partial charge on any atom is 0.0744 e. The summed E-state index contributed by atoms with van der Waals surface area (Å²) in [6, 6.07) is 8.78. The van der Waals surface area contributed by atoms with Gasteiger partial charge in [-0.2, -0.15) is 0 Å². The average molecular weight is 291 g/mol. The monoisotopic (exact) mass is 291 g/mol. The van der Waals surface area contributed by atoms with Crippen LogP contribution in [0.3, 0.4) is 0 Å². The molecule has 0 radical (unpaired) electrons. The lowest BCUT2D eigenvalue weighted by atomic mass is 9.79. The van der Waals surface area contributed by atoms with Crippen molar-refractivity contribution < 1.29 is 0 Å². The Morgan fingerprint density at radius 3 is 1.95 bits per heavy atom. The molecule has 1 aromatic heterocycles. The molecule has 0 aliphatic carbocycles. The minimum absolute atomic E-state index is 0.0799. The van der Waals surface area contributed by atoms with Crippen molar-refractivity contribution in [3.63, 3.8) is 0 Å². The molecule has 22 heavy (non-hydrogen) atoms. The zero-order valence-corrected chi connectivity index (χ0v) is 14.8. The Hall–Kier alpha value is -1.89.